The second kappa shape index (κ2) is 4.94. The third-order valence-corrected chi connectivity index (χ3v) is 4.01. The molecule has 3 rings (SSSR count). The topological polar surface area (TPSA) is 76.6 Å². The van der Waals surface area contributed by atoms with Crippen molar-refractivity contribution in [1.82, 2.24) is 14.0 Å². The Balaban J connectivity index is 2.23. The molecule has 0 aliphatic carbocycles. The van der Waals surface area contributed by atoms with E-state index in [-0.39, 0.29) is 10.6 Å². The lowest BCUT2D eigenvalue weighted by Crippen LogP contribution is -2.18. The number of aryl methyl sites for hydroxylation is 2. The molecule has 0 bridgehead atoms. The highest BCUT2D eigenvalue weighted by Gasteiger charge is 2.10. The van der Waals surface area contributed by atoms with Gasteiger partial charge in [0.1, 0.15) is 5.65 Å². The molecule has 6 nitrogen and oxygen atoms in total. The Morgan fingerprint density at radius 1 is 1.24 bits per heavy atom. The third-order valence-electron chi connectivity index (χ3n) is 3.35. The van der Waals surface area contributed by atoms with Gasteiger partial charge in [-0.1, -0.05) is 0 Å². The van der Waals surface area contributed by atoms with Gasteiger partial charge in [0.05, 0.1) is 6.20 Å². The minimum atomic E-state index is -2.10. The van der Waals surface area contributed by atoms with E-state index in [1.165, 1.54) is 10.8 Å². The SMILES string of the molecule is Cc1cc(-c2ccc3ncc(S(=O)O)n3c2)cn(C)c1=O. The number of nitrogens with zero attached hydrogens (tertiary/aromatic N) is 3. The molecular formula is C14H13N3O3S. The average molecular weight is 303 g/mol. The van der Waals surface area contributed by atoms with Crippen LogP contribution in [-0.2, 0) is 18.1 Å². The molecule has 0 aliphatic rings. The molecule has 1 unspecified atom stereocenters. The van der Waals surface area contributed by atoms with Crippen LogP contribution in [0.4, 0.5) is 0 Å². The first-order valence-electron chi connectivity index (χ1n) is 6.23. The van der Waals surface area contributed by atoms with Crippen molar-refractivity contribution in [2.24, 2.45) is 7.05 Å². The Labute approximate surface area is 123 Å². The summed E-state index contributed by atoms with van der Waals surface area (Å²) < 4.78 is 23.6. The number of pyridine rings is 2. The number of aromatic nitrogens is 3. The summed E-state index contributed by atoms with van der Waals surface area (Å²) >= 11 is -2.10. The summed E-state index contributed by atoms with van der Waals surface area (Å²) in [5, 5.41) is 0.216. The maximum absolute atomic E-state index is 11.7. The van der Waals surface area contributed by atoms with Gasteiger partial charge >= 0.3 is 0 Å². The summed E-state index contributed by atoms with van der Waals surface area (Å²) in [5.74, 6) is 0. The molecule has 1 atom stereocenters. The van der Waals surface area contributed by atoms with Crippen LogP contribution < -0.4 is 5.56 Å². The maximum Gasteiger partial charge on any atom is 0.253 e. The average Bonchev–Trinajstić information content (AvgIpc) is 2.87. The maximum atomic E-state index is 11.7. The molecule has 21 heavy (non-hydrogen) atoms. The van der Waals surface area contributed by atoms with Crippen LogP contribution in [0.25, 0.3) is 16.8 Å². The zero-order valence-electron chi connectivity index (χ0n) is 11.5. The summed E-state index contributed by atoms with van der Waals surface area (Å²) in [6.45, 7) is 1.76. The van der Waals surface area contributed by atoms with Crippen LogP contribution in [0.5, 0.6) is 0 Å². The van der Waals surface area contributed by atoms with Gasteiger partial charge in [0.25, 0.3) is 5.56 Å². The van der Waals surface area contributed by atoms with Gasteiger partial charge in [0, 0.05) is 25.0 Å². The molecule has 1 N–H and O–H groups in total. The molecule has 0 aromatic carbocycles. The molecule has 7 heteroatoms. The lowest BCUT2D eigenvalue weighted by Gasteiger charge is -2.07. The number of hydrogen-bond acceptors (Lipinski definition) is 3. The second-order valence-corrected chi connectivity index (χ2v) is 5.74. The van der Waals surface area contributed by atoms with Crippen LogP contribution in [0.3, 0.4) is 0 Å². The zero-order valence-corrected chi connectivity index (χ0v) is 12.3. The summed E-state index contributed by atoms with van der Waals surface area (Å²) in [4.78, 5) is 15.8. The Morgan fingerprint density at radius 2 is 2.00 bits per heavy atom. The van der Waals surface area contributed by atoms with Gasteiger partial charge < -0.3 is 9.12 Å². The van der Waals surface area contributed by atoms with Crippen molar-refractivity contribution in [1.29, 1.82) is 0 Å². The summed E-state index contributed by atoms with van der Waals surface area (Å²) in [6, 6.07) is 5.44. The van der Waals surface area contributed by atoms with E-state index in [4.69, 9.17) is 0 Å². The first-order chi connectivity index (χ1) is 9.97. The van der Waals surface area contributed by atoms with E-state index in [0.717, 1.165) is 11.1 Å². The van der Waals surface area contributed by atoms with Crippen LogP contribution in [-0.4, -0.2) is 22.7 Å². The summed E-state index contributed by atoms with van der Waals surface area (Å²) in [6.07, 6.45) is 4.86. The fraction of sp³-hybridized carbons (Fsp3) is 0.143. The van der Waals surface area contributed by atoms with Crippen LogP contribution in [0.1, 0.15) is 5.56 Å². The van der Waals surface area contributed by atoms with Crippen LogP contribution in [0, 0.1) is 6.92 Å². The molecular weight excluding hydrogens is 290 g/mol. The molecule has 108 valence electrons. The Bertz CT molecular complexity index is 901. The molecule has 0 saturated carbocycles. The largest absolute Gasteiger partial charge is 0.318 e. The Morgan fingerprint density at radius 3 is 2.67 bits per heavy atom. The van der Waals surface area contributed by atoms with Gasteiger partial charge in [-0.3, -0.25) is 9.20 Å². The van der Waals surface area contributed by atoms with Crippen LogP contribution >= 0.6 is 0 Å². The van der Waals surface area contributed by atoms with Gasteiger partial charge in [-0.15, -0.1) is 0 Å². The molecule has 0 fully saturated rings. The van der Waals surface area contributed by atoms with E-state index in [9.17, 15) is 13.6 Å². The van der Waals surface area contributed by atoms with Crippen molar-refractivity contribution in [3.8, 4) is 11.1 Å². The van der Waals surface area contributed by atoms with Gasteiger partial charge in [-0.05, 0) is 36.2 Å². The monoisotopic (exact) mass is 303 g/mol. The first kappa shape index (κ1) is 13.7. The van der Waals surface area contributed by atoms with E-state index < -0.39 is 11.1 Å². The van der Waals surface area contributed by atoms with Gasteiger partial charge in [-0.2, -0.15) is 0 Å². The third kappa shape index (κ3) is 2.30. The smallest absolute Gasteiger partial charge is 0.253 e. The molecule has 0 amide bonds. The Hall–Kier alpha value is -2.25. The lowest BCUT2D eigenvalue weighted by atomic mass is 10.1. The quantitative estimate of drug-likeness (QED) is 0.729. The summed E-state index contributed by atoms with van der Waals surface area (Å²) in [5.41, 5.74) is 2.90. The number of rotatable bonds is 2. The number of fused-ring (bicyclic) bond motifs is 1. The zero-order chi connectivity index (χ0) is 15.1. The minimum absolute atomic E-state index is 0.0420. The lowest BCUT2D eigenvalue weighted by molar-refractivity contribution is 0.559. The standard InChI is InChI=1S/C14H13N3O3S/c1-9-5-11(7-16(2)14(9)18)10-3-4-12-15-6-13(21(19)20)17(12)8-10/h3-8H,1-2H3,(H,19,20). The molecule has 3 aromatic heterocycles. The second-order valence-electron chi connectivity index (χ2n) is 4.82. The highest BCUT2D eigenvalue weighted by Crippen LogP contribution is 2.21. The minimum Gasteiger partial charge on any atom is -0.318 e. The Kier molecular flexibility index (Phi) is 3.23. The van der Waals surface area contributed by atoms with Crippen LogP contribution in [0.15, 0.2) is 46.6 Å². The van der Waals surface area contributed by atoms with Gasteiger partial charge in [0.15, 0.2) is 5.03 Å². The van der Waals surface area contributed by atoms with E-state index in [0.29, 0.717) is 11.2 Å². The normalized spacial score (nSPS) is 12.7. The number of imidazole rings is 1. The van der Waals surface area contributed by atoms with E-state index in [1.807, 2.05) is 6.07 Å². The van der Waals surface area contributed by atoms with E-state index in [2.05, 4.69) is 4.98 Å². The van der Waals surface area contributed by atoms with Crippen molar-refractivity contribution < 1.29 is 8.76 Å². The molecule has 0 aliphatic heterocycles. The van der Waals surface area contributed by atoms with Gasteiger partial charge in [-0.25, -0.2) is 9.19 Å². The summed E-state index contributed by atoms with van der Waals surface area (Å²) in [7, 11) is 1.70. The molecule has 3 aromatic rings. The van der Waals surface area contributed by atoms with Crippen molar-refractivity contribution in [2.45, 2.75) is 11.9 Å². The van der Waals surface area contributed by atoms with Gasteiger partial charge in [0.2, 0.25) is 11.1 Å². The number of hydrogen-bond donors (Lipinski definition) is 1. The van der Waals surface area contributed by atoms with Crippen molar-refractivity contribution in [2.75, 3.05) is 0 Å². The molecule has 0 radical (unpaired) electrons. The van der Waals surface area contributed by atoms with Crippen molar-refractivity contribution in [3.05, 3.63) is 52.7 Å². The highest BCUT2D eigenvalue weighted by atomic mass is 32.2. The molecule has 0 saturated heterocycles. The van der Waals surface area contributed by atoms with E-state index in [1.54, 1.807) is 42.9 Å². The molecule has 0 spiro atoms. The fourth-order valence-electron chi connectivity index (χ4n) is 2.29. The van der Waals surface area contributed by atoms with Crippen LogP contribution in [0.2, 0.25) is 0 Å². The van der Waals surface area contributed by atoms with Crippen molar-refractivity contribution >= 4 is 16.7 Å². The predicted octanol–water partition coefficient (Wildman–Crippen LogP) is 1.59. The fourth-order valence-corrected chi connectivity index (χ4v) is 2.75. The highest BCUT2D eigenvalue weighted by molar-refractivity contribution is 7.79. The predicted molar refractivity (Wildman–Crippen MR) is 79.6 cm³/mol. The first-order valence-corrected chi connectivity index (χ1v) is 7.33. The van der Waals surface area contributed by atoms with E-state index >= 15 is 0 Å². The van der Waals surface area contributed by atoms with Crippen molar-refractivity contribution in [3.63, 3.8) is 0 Å². The molecule has 3 heterocycles.